The van der Waals surface area contributed by atoms with Gasteiger partial charge in [-0.15, -0.1) is 0 Å². The second kappa shape index (κ2) is 8.01. The average molecular weight is 356 g/mol. The molecule has 5 heteroatoms. The summed E-state index contributed by atoms with van der Waals surface area (Å²) < 4.78 is 5.80. The van der Waals surface area contributed by atoms with Gasteiger partial charge in [-0.25, -0.2) is 4.79 Å². The highest BCUT2D eigenvalue weighted by Gasteiger charge is 2.08. The Morgan fingerprint density at radius 1 is 1.08 bits per heavy atom. The normalized spacial score (nSPS) is 10.8. The molecule has 1 aromatic heterocycles. The van der Waals surface area contributed by atoms with Gasteiger partial charge in [0.15, 0.2) is 0 Å². The lowest BCUT2D eigenvalue weighted by Crippen LogP contribution is -2.16. The summed E-state index contributed by atoms with van der Waals surface area (Å²) in [5, 5.41) is 13.1. The predicted octanol–water partition coefficient (Wildman–Crippen LogP) is 4.63. The summed E-state index contributed by atoms with van der Waals surface area (Å²) in [5.74, 6) is 0.530. The molecule has 1 heterocycles. The van der Waals surface area contributed by atoms with Crippen molar-refractivity contribution in [2.24, 2.45) is 0 Å². The van der Waals surface area contributed by atoms with E-state index in [9.17, 15) is 4.79 Å². The zero-order chi connectivity index (χ0) is 17.6. The van der Waals surface area contributed by atoms with Gasteiger partial charge in [0.25, 0.3) is 0 Å². The molecule has 0 atom stereocenters. The number of hydrogen-bond donors (Lipinski definition) is 2. The number of carboxylic acid groups (broad SMARTS) is 1. The smallest absolute Gasteiger partial charge is 0.335 e. The van der Waals surface area contributed by atoms with Crippen molar-refractivity contribution in [3.8, 4) is 11.3 Å². The summed E-state index contributed by atoms with van der Waals surface area (Å²) in [5.41, 5.74) is 2.23. The van der Waals surface area contributed by atoms with Crippen LogP contribution < -0.4 is 5.32 Å². The first-order valence-corrected chi connectivity index (χ1v) is 8.37. The fourth-order valence-electron chi connectivity index (χ4n) is 2.53. The molecule has 0 bridgehead atoms. The van der Waals surface area contributed by atoms with Crippen molar-refractivity contribution < 1.29 is 14.3 Å². The maximum absolute atomic E-state index is 11.1. The molecule has 0 amide bonds. The summed E-state index contributed by atoms with van der Waals surface area (Å²) in [4.78, 5) is 11.1. The third-order valence-corrected chi connectivity index (χ3v) is 4.11. The van der Waals surface area contributed by atoms with Gasteiger partial charge in [0.2, 0.25) is 0 Å². The van der Waals surface area contributed by atoms with Gasteiger partial charge in [-0.1, -0.05) is 35.9 Å². The van der Waals surface area contributed by atoms with Gasteiger partial charge in [0, 0.05) is 10.6 Å². The summed E-state index contributed by atoms with van der Waals surface area (Å²) in [6, 6.07) is 18.3. The van der Waals surface area contributed by atoms with Crippen molar-refractivity contribution >= 4 is 17.6 Å². The second-order valence-electron chi connectivity index (χ2n) is 5.71. The Labute approximate surface area is 151 Å². The van der Waals surface area contributed by atoms with Gasteiger partial charge < -0.3 is 14.8 Å². The summed E-state index contributed by atoms with van der Waals surface area (Å²) in [6.45, 7) is 1.44. The molecule has 3 aromatic rings. The predicted molar refractivity (Wildman–Crippen MR) is 98.0 cm³/mol. The maximum Gasteiger partial charge on any atom is 0.335 e. The Morgan fingerprint density at radius 3 is 2.64 bits per heavy atom. The Hall–Kier alpha value is -2.56. The largest absolute Gasteiger partial charge is 0.478 e. The van der Waals surface area contributed by atoms with E-state index >= 15 is 0 Å². The van der Waals surface area contributed by atoms with Gasteiger partial charge in [-0.3, -0.25) is 0 Å². The lowest BCUT2D eigenvalue weighted by Gasteiger charge is -2.04. The molecule has 2 aromatic carbocycles. The van der Waals surface area contributed by atoms with E-state index in [-0.39, 0.29) is 5.56 Å². The van der Waals surface area contributed by atoms with Crippen LogP contribution in [0.3, 0.4) is 0 Å². The third kappa shape index (κ3) is 4.72. The van der Waals surface area contributed by atoms with Crippen LogP contribution in [0.4, 0.5) is 0 Å². The molecule has 0 saturated carbocycles. The quantitative estimate of drug-likeness (QED) is 0.606. The van der Waals surface area contributed by atoms with Gasteiger partial charge in [-0.05, 0) is 54.9 Å². The molecule has 3 rings (SSSR count). The minimum Gasteiger partial charge on any atom is -0.478 e. The number of nitrogens with one attached hydrogen (secondary N) is 1. The van der Waals surface area contributed by atoms with Crippen LogP contribution in [0.2, 0.25) is 5.02 Å². The van der Waals surface area contributed by atoms with Crippen LogP contribution in [0.25, 0.3) is 11.3 Å². The highest BCUT2D eigenvalue weighted by molar-refractivity contribution is 6.30. The molecule has 0 fully saturated rings. The van der Waals surface area contributed by atoms with E-state index in [1.54, 1.807) is 18.2 Å². The van der Waals surface area contributed by atoms with Crippen molar-refractivity contribution in [1.82, 2.24) is 5.32 Å². The number of benzene rings is 2. The number of furan rings is 1. The van der Waals surface area contributed by atoms with Crippen molar-refractivity contribution in [3.05, 3.63) is 82.6 Å². The first kappa shape index (κ1) is 17.3. The molecule has 0 unspecified atom stereocenters. The van der Waals surface area contributed by atoms with Crippen LogP contribution in [-0.4, -0.2) is 17.6 Å². The van der Waals surface area contributed by atoms with E-state index in [2.05, 4.69) is 5.32 Å². The minimum atomic E-state index is -0.947. The van der Waals surface area contributed by atoms with Crippen LogP contribution in [0.1, 0.15) is 21.7 Å². The highest BCUT2D eigenvalue weighted by Crippen LogP contribution is 2.23. The summed E-state index contributed by atoms with van der Waals surface area (Å²) in [6.07, 6.45) is 0.908. The molecule has 0 radical (unpaired) electrons. The van der Waals surface area contributed by atoms with Crippen molar-refractivity contribution in [2.45, 2.75) is 13.0 Å². The lowest BCUT2D eigenvalue weighted by molar-refractivity contribution is 0.0697. The van der Waals surface area contributed by atoms with Gasteiger partial charge >= 0.3 is 5.97 Å². The van der Waals surface area contributed by atoms with Gasteiger partial charge in [-0.2, -0.15) is 0 Å². The monoisotopic (exact) mass is 355 g/mol. The van der Waals surface area contributed by atoms with Gasteiger partial charge in [0.1, 0.15) is 11.5 Å². The number of hydrogen-bond acceptors (Lipinski definition) is 3. The molecule has 0 saturated heterocycles. The molecular weight excluding hydrogens is 338 g/mol. The molecule has 128 valence electrons. The molecule has 0 spiro atoms. The molecule has 0 aliphatic carbocycles. The topological polar surface area (TPSA) is 62.5 Å². The number of aromatic carboxylic acids is 1. The first-order chi connectivity index (χ1) is 12.1. The number of carboxylic acids is 1. The zero-order valence-electron chi connectivity index (χ0n) is 13.5. The van der Waals surface area contributed by atoms with E-state index in [0.29, 0.717) is 12.3 Å². The second-order valence-corrected chi connectivity index (χ2v) is 6.14. The van der Waals surface area contributed by atoms with E-state index < -0.39 is 5.97 Å². The van der Waals surface area contributed by atoms with Gasteiger partial charge in [0.05, 0.1) is 12.1 Å². The van der Waals surface area contributed by atoms with Crippen LogP contribution in [0.15, 0.2) is 65.1 Å². The zero-order valence-corrected chi connectivity index (χ0v) is 14.3. The SMILES string of the molecule is O=C(O)c1cccc(-c2ccc(CNCCc3ccc(Cl)cc3)o2)c1. The van der Waals surface area contributed by atoms with Crippen molar-refractivity contribution in [1.29, 1.82) is 0 Å². The van der Waals surface area contributed by atoms with Crippen LogP contribution in [0, 0.1) is 0 Å². The Balaban J connectivity index is 1.54. The summed E-state index contributed by atoms with van der Waals surface area (Å²) >= 11 is 5.87. The first-order valence-electron chi connectivity index (χ1n) is 7.99. The fourth-order valence-corrected chi connectivity index (χ4v) is 2.65. The molecule has 0 aliphatic rings. The molecule has 25 heavy (non-hydrogen) atoms. The maximum atomic E-state index is 11.1. The van der Waals surface area contributed by atoms with E-state index in [1.807, 2.05) is 42.5 Å². The highest BCUT2D eigenvalue weighted by atomic mass is 35.5. The van der Waals surface area contributed by atoms with Crippen LogP contribution in [0.5, 0.6) is 0 Å². The lowest BCUT2D eigenvalue weighted by atomic mass is 10.1. The number of halogens is 1. The van der Waals surface area contributed by atoms with E-state index in [4.69, 9.17) is 21.1 Å². The average Bonchev–Trinajstić information content (AvgIpc) is 3.09. The van der Waals surface area contributed by atoms with E-state index in [1.165, 1.54) is 5.56 Å². The Kier molecular flexibility index (Phi) is 5.53. The Bertz CT molecular complexity index is 855. The van der Waals surface area contributed by atoms with Crippen molar-refractivity contribution in [2.75, 3.05) is 6.54 Å². The standard InChI is InChI=1S/C20H18ClNO3/c21-17-6-4-14(5-7-17)10-11-22-13-18-8-9-19(25-18)15-2-1-3-16(12-15)20(23)24/h1-9,12,22H,10-11,13H2,(H,23,24). The van der Waals surface area contributed by atoms with Crippen LogP contribution in [-0.2, 0) is 13.0 Å². The molecule has 4 nitrogen and oxygen atoms in total. The third-order valence-electron chi connectivity index (χ3n) is 3.86. The molecule has 2 N–H and O–H groups in total. The minimum absolute atomic E-state index is 0.247. The Morgan fingerprint density at radius 2 is 1.88 bits per heavy atom. The van der Waals surface area contributed by atoms with Crippen molar-refractivity contribution in [3.63, 3.8) is 0 Å². The number of rotatable bonds is 7. The summed E-state index contributed by atoms with van der Waals surface area (Å²) in [7, 11) is 0. The number of carbonyl (C=O) groups is 1. The molecule has 0 aliphatic heterocycles. The molecular formula is C20H18ClNO3. The fraction of sp³-hybridized carbons (Fsp3) is 0.150. The van der Waals surface area contributed by atoms with E-state index in [0.717, 1.165) is 29.3 Å². The van der Waals surface area contributed by atoms with Crippen LogP contribution >= 0.6 is 11.6 Å².